The zero-order chi connectivity index (χ0) is 18.4. The Kier molecular flexibility index (Phi) is 3.93. The third-order valence-electron chi connectivity index (χ3n) is 4.69. The van der Waals surface area contributed by atoms with Gasteiger partial charge in [0, 0.05) is 29.2 Å². The van der Waals surface area contributed by atoms with E-state index in [1.165, 1.54) is 0 Å². The lowest BCUT2D eigenvalue weighted by Crippen LogP contribution is -2.20. The molecule has 0 saturated carbocycles. The maximum atomic E-state index is 13.0. The highest BCUT2D eigenvalue weighted by atomic mass is 35.5. The maximum Gasteiger partial charge on any atom is 0.298 e. The minimum absolute atomic E-state index is 0.172. The van der Waals surface area contributed by atoms with E-state index in [0.29, 0.717) is 10.7 Å². The van der Waals surface area contributed by atoms with Crippen molar-refractivity contribution in [2.45, 2.75) is 20.8 Å². The quantitative estimate of drug-likeness (QED) is 0.516. The monoisotopic (exact) mass is 363 g/mol. The van der Waals surface area contributed by atoms with Gasteiger partial charge in [-0.2, -0.15) is 0 Å². The molecule has 0 N–H and O–H groups in total. The van der Waals surface area contributed by atoms with Crippen molar-refractivity contribution in [2.75, 3.05) is 0 Å². The maximum absolute atomic E-state index is 13.0. The minimum atomic E-state index is -0.172. The van der Waals surface area contributed by atoms with Gasteiger partial charge in [-0.05, 0) is 50.1 Å². The molecule has 0 atom stereocenters. The Bertz CT molecular complexity index is 1200. The van der Waals surface area contributed by atoms with E-state index in [0.717, 1.165) is 33.6 Å². The predicted octanol–water partition coefficient (Wildman–Crippen LogP) is 4.73. The highest BCUT2D eigenvalue weighted by molar-refractivity contribution is 6.31. The number of imidazole rings is 1. The molecule has 130 valence electrons. The number of hydrogen-bond acceptors (Lipinski definition) is 2. The number of benzene rings is 2. The van der Waals surface area contributed by atoms with Gasteiger partial charge in [0.1, 0.15) is 0 Å². The first-order chi connectivity index (χ1) is 12.5. The van der Waals surface area contributed by atoms with Gasteiger partial charge in [0.2, 0.25) is 5.65 Å². The van der Waals surface area contributed by atoms with Crippen LogP contribution in [0.4, 0.5) is 0 Å². The summed E-state index contributed by atoms with van der Waals surface area (Å²) in [6.45, 7) is 6.00. The fraction of sp³-hybridized carbons (Fsp3) is 0.143. The summed E-state index contributed by atoms with van der Waals surface area (Å²) in [4.78, 5) is 17.6. The molecule has 0 fully saturated rings. The van der Waals surface area contributed by atoms with Crippen LogP contribution in [0.3, 0.4) is 0 Å². The lowest BCUT2D eigenvalue weighted by Gasteiger charge is -2.10. The minimum Gasteiger partial charge on any atom is -0.300 e. The van der Waals surface area contributed by atoms with Gasteiger partial charge in [-0.25, -0.2) is 4.98 Å². The molecule has 0 saturated heterocycles. The van der Waals surface area contributed by atoms with Gasteiger partial charge in [0.05, 0.1) is 11.4 Å². The van der Waals surface area contributed by atoms with Crippen LogP contribution in [0.5, 0.6) is 0 Å². The number of aromatic nitrogens is 3. The first-order valence-corrected chi connectivity index (χ1v) is 8.77. The van der Waals surface area contributed by atoms with E-state index in [2.05, 4.69) is 23.2 Å². The van der Waals surface area contributed by atoms with Gasteiger partial charge in [-0.1, -0.05) is 35.4 Å². The van der Waals surface area contributed by atoms with E-state index in [9.17, 15) is 4.79 Å². The number of nitrogens with zero attached hydrogens (tertiary/aromatic N) is 3. The van der Waals surface area contributed by atoms with Gasteiger partial charge in [-0.15, -0.1) is 0 Å². The molecule has 0 amide bonds. The SMILES string of the molecule is Cc1ccc(C)c(-c2cn3ccn(-c4cccc(Cl)c4C)c(=O)c3n2)c1. The second-order valence-corrected chi connectivity index (χ2v) is 6.94. The molecule has 0 radical (unpaired) electrons. The number of hydrogen-bond donors (Lipinski definition) is 0. The number of fused-ring (bicyclic) bond motifs is 1. The Balaban J connectivity index is 1.93. The van der Waals surface area contributed by atoms with Gasteiger partial charge in [0.25, 0.3) is 5.56 Å². The van der Waals surface area contributed by atoms with Crippen LogP contribution in [0.2, 0.25) is 5.02 Å². The van der Waals surface area contributed by atoms with E-state index >= 15 is 0 Å². The van der Waals surface area contributed by atoms with E-state index in [-0.39, 0.29) is 5.56 Å². The second kappa shape index (κ2) is 6.15. The molecule has 26 heavy (non-hydrogen) atoms. The average molecular weight is 364 g/mol. The summed E-state index contributed by atoms with van der Waals surface area (Å²) >= 11 is 6.21. The molecule has 0 aliphatic heterocycles. The van der Waals surface area contributed by atoms with Crippen LogP contribution in [-0.4, -0.2) is 14.0 Å². The van der Waals surface area contributed by atoms with Crippen molar-refractivity contribution in [1.29, 1.82) is 0 Å². The fourth-order valence-electron chi connectivity index (χ4n) is 3.17. The Morgan fingerprint density at radius 1 is 1.04 bits per heavy atom. The molecule has 0 aliphatic carbocycles. The summed E-state index contributed by atoms with van der Waals surface area (Å²) in [7, 11) is 0. The van der Waals surface area contributed by atoms with Crippen molar-refractivity contribution >= 4 is 17.2 Å². The second-order valence-electron chi connectivity index (χ2n) is 6.53. The molecule has 2 heterocycles. The topological polar surface area (TPSA) is 39.3 Å². The molecular formula is C21H18ClN3O. The smallest absolute Gasteiger partial charge is 0.298 e. The van der Waals surface area contributed by atoms with E-state index in [4.69, 9.17) is 11.6 Å². The highest BCUT2D eigenvalue weighted by Crippen LogP contribution is 2.24. The summed E-state index contributed by atoms with van der Waals surface area (Å²) in [5.74, 6) is 0. The lowest BCUT2D eigenvalue weighted by molar-refractivity contribution is 0.941. The van der Waals surface area contributed by atoms with Crippen LogP contribution in [0, 0.1) is 20.8 Å². The molecule has 0 spiro atoms. The first kappa shape index (κ1) is 16.6. The van der Waals surface area contributed by atoms with Crippen LogP contribution in [0.1, 0.15) is 16.7 Å². The van der Waals surface area contributed by atoms with Crippen LogP contribution < -0.4 is 5.56 Å². The van der Waals surface area contributed by atoms with Crippen LogP contribution >= 0.6 is 11.6 Å². The van der Waals surface area contributed by atoms with Crippen molar-refractivity contribution < 1.29 is 0 Å². The number of aryl methyl sites for hydroxylation is 2. The summed E-state index contributed by atoms with van der Waals surface area (Å²) in [6.07, 6.45) is 5.49. The van der Waals surface area contributed by atoms with Crippen LogP contribution in [0.25, 0.3) is 22.6 Å². The summed E-state index contributed by atoms with van der Waals surface area (Å²) < 4.78 is 3.37. The van der Waals surface area contributed by atoms with E-state index in [1.54, 1.807) is 15.2 Å². The lowest BCUT2D eigenvalue weighted by atomic mass is 10.0. The first-order valence-electron chi connectivity index (χ1n) is 8.39. The normalized spacial score (nSPS) is 11.2. The van der Waals surface area contributed by atoms with Gasteiger partial charge < -0.3 is 4.40 Å². The van der Waals surface area contributed by atoms with Crippen LogP contribution in [-0.2, 0) is 0 Å². The zero-order valence-electron chi connectivity index (χ0n) is 14.8. The Morgan fingerprint density at radius 3 is 2.65 bits per heavy atom. The Hall–Kier alpha value is -2.85. The summed E-state index contributed by atoms with van der Waals surface area (Å²) in [5.41, 5.74) is 5.97. The molecular weight excluding hydrogens is 346 g/mol. The molecule has 0 unspecified atom stereocenters. The van der Waals surface area contributed by atoms with E-state index < -0.39 is 0 Å². The van der Waals surface area contributed by atoms with E-state index in [1.807, 2.05) is 51.4 Å². The Labute approximate surface area is 156 Å². The van der Waals surface area contributed by atoms with Gasteiger partial charge in [-0.3, -0.25) is 9.36 Å². The molecule has 2 aromatic carbocycles. The Morgan fingerprint density at radius 2 is 1.85 bits per heavy atom. The van der Waals surface area contributed by atoms with Crippen molar-refractivity contribution in [2.24, 2.45) is 0 Å². The largest absolute Gasteiger partial charge is 0.300 e. The molecule has 4 aromatic rings. The van der Waals surface area contributed by atoms with Gasteiger partial charge in [0.15, 0.2) is 0 Å². The molecule has 4 nitrogen and oxygen atoms in total. The number of rotatable bonds is 2. The highest BCUT2D eigenvalue weighted by Gasteiger charge is 2.13. The average Bonchev–Trinajstić information content (AvgIpc) is 3.05. The molecule has 2 aromatic heterocycles. The molecule has 0 bridgehead atoms. The molecule has 5 heteroatoms. The molecule has 4 rings (SSSR count). The summed E-state index contributed by atoms with van der Waals surface area (Å²) in [6, 6.07) is 11.8. The zero-order valence-corrected chi connectivity index (χ0v) is 15.6. The standard InChI is InChI=1S/C21H18ClN3O/c1-13-7-8-14(2)16(11-13)18-12-24-9-10-25(21(26)20(24)23-18)19-6-4-5-17(22)15(19)3/h4-12H,1-3H3. The van der Waals surface area contributed by atoms with Crippen molar-refractivity contribution in [3.63, 3.8) is 0 Å². The third-order valence-corrected chi connectivity index (χ3v) is 5.10. The molecule has 0 aliphatic rings. The summed E-state index contributed by atoms with van der Waals surface area (Å²) in [5, 5.41) is 0.633. The third kappa shape index (κ3) is 2.63. The van der Waals surface area contributed by atoms with Gasteiger partial charge >= 0.3 is 0 Å². The fourth-order valence-corrected chi connectivity index (χ4v) is 3.34. The van der Waals surface area contributed by atoms with Crippen molar-refractivity contribution in [3.05, 3.63) is 87.1 Å². The van der Waals surface area contributed by atoms with Crippen molar-refractivity contribution in [1.82, 2.24) is 14.0 Å². The van der Waals surface area contributed by atoms with Crippen LogP contribution in [0.15, 0.2) is 59.8 Å². The number of halogens is 1. The van der Waals surface area contributed by atoms with Crippen molar-refractivity contribution in [3.8, 4) is 16.9 Å². The predicted molar refractivity (Wildman–Crippen MR) is 105 cm³/mol.